The Bertz CT molecular complexity index is 4400. The largest absolute Gasteiger partial charge is 0.496 e. The van der Waals surface area contributed by atoms with E-state index in [1.807, 2.05) is 136 Å². The predicted molar refractivity (Wildman–Crippen MR) is 414 cm³/mol. The van der Waals surface area contributed by atoms with Crippen LogP contribution in [0.4, 0.5) is 4.39 Å². The van der Waals surface area contributed by atoms with Gasteiger partial charge in [-0.3, -0.25) is 19.2 Å². The Morgan fingerprint density at radius 1 is 0.394 bits per heavy atom. The first-order valence-electron chi connectivity index (χ1n) is 35.5. The number of benzene rings is 8. The highest BCUT2D eigenvalue weighted by molar-refractivity contribution is 9.11. The van der Waals surface area contributed by atoms with Crippen LogP contribution in [-0.4, -0.2) is 129 Å². The van der Waals surface area contributed by atoms with Crippen molar-refractivity contribution >= 4 is 87.3 Å². The zero-order valence-electron chi connectivity index (χ0n) is 58.6. The van der Waals surface area contributed by atoms with Gasteiger partial charge in [0.05, 0.1) is 42.5 Å². The van der Waals surface area contributed by atoms with Crippen molar-refractivity contribution in [1.29, 1.82) is 0 Å². The second-order valence-corrected chi connectivity index (χ2v) is 32.0. The molecule has 0 atom stereocenters. The highest BCUT2D eigenvalue weighted by atomic mass is 79.9. The number of methoxy groups -OCH3 is 1. The number of ether oxygens (including phenoxy) is 5. The molecule has 8 aromatic rings. The zero-order valence-corrected chi connectivity index (χ0v) is 64.9. The Labute approximate surface area is 640 Å². The number of aryl methyl sites for hydroxylation is 1. The van der Waals surface area contributed by atoms with Crippen molar-refractivity contribution in [2.45, 2.75) is 106 Å². The highest BCUT2D eigenvalue weighted by Gasteiger charge is 2.48. The minimum atomic E-state index is -0.366. The topological polar surface area (TPSA) is 231 Å². The summed E-state index contributed by atoms with van der Waals surface area (Å²) in [5.74, 6) is 4.42. The van der Waals surface area contributed by atoms with Crippen molar-refractivity contribution in [2.75, 3.05) is 85.9 Å². The monoisotopic (exact) mass is 1660 g/mol. The number of halogens is 5. The van der Waals surface area contributed by atoms with Crippen LogP contribution in [0.3, 0.4) is 0 Å². The second kappa shape index (κ2) is 31.8. The van der Waals surface area contributed by atoms with Crippen molar-refractivity contribution in [3.8, 4) is 28.7 Å². The van der Waals surface area contributed by atoms with Crippen LogP contribution in [0.15, 0.2) is 170 Å². The third-order valence-corrected chi connectivity index (χ3v) is 25.1. The molecule has 0 radical (unpaired) electrons. The van der Waals surface area contributed by atoms with Gasteiger partial charge in [-0.2, -0.15) is 0 Å². The van der Waals surface area contributed by atoms with Crippen LogP contribution >= 0.6 is 63.7 Å². The van der Waals surface area contributed by atoms with Gasteiger partial charge in [-0.1, -0.05) is 86.5 Å². The van der Waals surface area contributed by atoms with E-state index in [0.29, 0.717) is 81.3 Å². The molecule has 8 aliphatic rings. The standard InChI is InChI=1S/C21H23BrN2O3.C21H23BrN2O2.C20H20BrFN2O2.C20H21BrN2O2/c1-26-19-5-3-15(11-17(19)22)20(25)24-8-6-21(7-9-24)13-27-18-4-2-14(12-23)10-16(18)21;1-14-10-16(3-4-18(14)22)20(25)24-8-6-21(7-9-24)13-26-19-5-2-15(12-23)11-17(19)21;21-16-10-14(2-3-17(16)22)19(25)24-7-5-20(6-8-24)12-26-18-4-1-13(11-23)9-15(18)20;21-16-3-1-2-15(11-16)19(24)23-8-6-20(7-9-23)13-25-18-5-4-14(12-22)10-17(18)20/h2-5,10-11H,6-9,12-13,23H2,1H3;2-5,10-11H,6-9,12-13,23H2,1H3;1-4,9-10H,5-8,11-12,23H2;1-5,10-11H,6-9,12-13,22H2. The van der Waals surface area contributed by atoms with E-state index in [4.69, 9.17) is 46.6 Å². The highest BCUT2D eigenvalue weighted by Crippen LogP contribution is 2.50. The van der Waals surface area contributed by atoms with E-state index < -0.39 is 0 Å². The molecule has 0 aromatic heterocycles. The van der Waals surface area contributed by atoms with Crippen LogP contribution in [0, 0.1) is 12.7 Å². The number of carbonyl (C=O) groups is 4. The average Bonchev–Trinajstić information content (AvgIpc) is 1.64. The van der Waals surface area contributed by atoms with E-state index in [-0.39, 0.29) is 51.1 Å². The maximum atomic E-state index is 13.4. The van der Waals surface area contributed by atoms with Crippen LogP contribution in [0.1, 0.15) is 143 Å². The van der Waals surface area contributed by atoms with Gasteiger partial charge in [-0.15, -0.1) is 0 Å². The van der Waals surface area contributed by atoms with Gasteiger partial charge in [0.2, 0.25) is 0 Å². The molecule has 22 heteroatoms. The summed E-state index contributed by atoms with van der Waals surface area (Å²) in [5, 5.41) is 0. The quantitative estimate of drug-likeness (QED) is 0.105. The molecule has 17 nitrogen and oxygen atoms in total. The zero-order chi connectivity index (χ0) is 73.1. The molecule has 4 spiro atoms. The second-order valence-electron chi connectivity index (χ2n) is 28.5. The van der Waals surface area contributed by atoms with Crippen molar-refractivity contribution in [1.82, 2.24) is 19.6 Å². The summed E-state index contributed by atoms with van der Waals surface area (Å²) >= 11 is 13.5. The molecule has 0 bridgehead atoms. The summed E-state index contributed by atoms with van der Waals surface area (Å²) in [7, 11) is 1.61. The molecule has 104 heavy (non-hydrogen) atoms. The molecule has 16 rings (SSSR count). The van der Waals surface area contributed by atoms with Gasteiger partial charge in [0.1, 0.15) is 34.6 Å². The lowest BCUT2D eigenvalue weighted by atomic mass is 9.74. The maximum Gasteiger partial charge on any atom is 0.253 e. The van der Waals surface area contributed by atoms with Gasteiger partial charge in [-0.25, -0.2) is 4.39 Å². The van der Waals surface area contributed by atoms with Crippen LogP contribution in [-0.2, 0) is 47.8 Å². The fourth-order valence-corrected chi connectivity index (χ4v) is 17.5. The molecule has 0 aliphatic carbocycles. The third-order valence-electron chi connectivity index (χ3n) is 22.5. The van der Waals surface area contributed by atoms with Gasteiger partial charge in [0.25, 0.3) is 23.6 Å². The number of likely N-dealkylation sites (tertiary alicyclic amines) is 4. The first-order valence-corrected chi connectivity index (χ1v) is 38.7. The summed E-state index contributed by atoms with van der Waals surface area (Å²) in [6, 6.07) is 48.2. The lowest BCUT2D eigenvalue weighted by Crippen LogP contribution is -2.46. The van der Waals surface area contributed by atoms with Crippen LogP contribution < -0.4 is 46.6 Å². The first-order chi connectivity index (χ1) is 50.2. The molecule has 8 N–H and O–H groups in total. The number of nitrogens with zero attached hydrogens (tertiary/aromatic N) is 4. The molecule has 544 valence electrons. The molecule has 0 unspecified atom stereocenters. The number of hydrogen-bond donors (Lipinski definition) is 4. The van der Waals surface area contributed by atoms with Crippen molar-refractivity contribution in [2.24, 2.45) is 22.9 Å². The first kappa shape index (κ1) is 74.6. The van der Waals surface area contributed by atoms with Crippen LogP contribution in [0.25, 0.3) is 0 Å². The predicted octanol–water partition coefficient (Wildman–Crippen LogP) is 14.4. The Hall–Kier alpha value is -7.67. The summed E-state index contributed by atoms with van der Waals surface area (Å²) in [6.45, 7) is 12.6. The number of fused-ring (bicyclic) bond motifs is 8. The minimum absolute atomic E-state index is 0.00220. The molecule has 8 aromatic carbocycles. The molecular weight excluding hydrogens is 1580 g/mol. The summed E-state index contributed by atoms with van der Waals surface area (Å²) in [4.78, 5) is 59.0. The molecule has 4 saturated heterocycles. The fourth-order valence-electron chi connectivity index (χ4n) is 15.9. The van der Waals surface area contributed by atoms with E-state index in [0.717, 1.165) is 172 Å². The Morgan fingerprint density at radius 2 is 0.712 bits per heavy atom. The number of amides is 4. The van der Waals surface area contributed by atoms with Gasteiger partial charge in [-0.05, 0) is 215 Å². The lowest BCUT2D eigenvalue weighted by molar-refractivity contribution is 0.0639. The number of hydrogen-bond acceptors (Lipinski definition) is 13. The molecule has 8 aliphatic heterocycles. The summed E-state index contributed by atoms with van der Waals surface area (Å²) < 4.78 is 45.5. The summed E-state index contributed by atoms with van der Waals surface area (Å²) in [6.07, 6.45) is 7.20. The average molecular weight is 1670 g/mol. The van der Waals surface area contributed by atoms with Crippen molar-refractivity contribution in [3.05, 3.63) is 248 Å². The molecular formula is C82H87Br4FN8O9. The number of rotatable bonds is 9. The Kier molecular flexibility index (Phi) is 22.8. The number of nitrogens with two attached hydrogens (primary N) is 4. The van der Waals surface area contributed by atoms with E-state index >= 15 is 0 Å². The smallest absolute Gasteiger partial charge is 0.253 e. The van der Waals surface area contributed by atoms with Gasteiger partial charge < -0.3 is 66.2 Å². The van der Waals surface area contributed by atoms with E-state index in [9.17, 15) is 23.6 Å². The summed E-state index contributed by atoms with van der Waals surface area (Å²) in [5.41, 5.74) is 36.5. The Morgan fingerprint density at radius 3 is 1.02 bits per heavy atom. The normalized spacial score (nSPS) is 17.8. The van der Waals surface area contributed by atoms with Gasteiger partial charge >= 0.3 is 0 Å². The Balaban J connectivity index is 0.000000123. The van der Waals surface area contributed by atoms with Crippen molar-refractivity contribution < 1.29 is 47.3 Å². The lowest BCUT2D eigenvalue weighted by Gasteiger charge is -2.38. The van der Waals surface area contributed by atoms with E-state index in [1.165, 1.54) is 34.4 Å². The number of carbonyl (C=O) groups excluding carboxylic acids is 4. The van der Waals surface area contributed by atoms with E-state index in [2.05, 4.69) is 88.0 Å². The van der Waals surface area contributed by atoms with Crippen LogP contribution in [0.5, 0.6) is 28.7 Å². The minimum Gasteiger partial charge on any atom is -0.496 e. The third kappa shape index (κ3) is 15.4. The number of piperidine rings is 4. The van der Waals surface area contributed by atoms with Gasteiger partial charge in [0.15, 0.2) is 0 Å². The van der Waals surface area contributed by atoms with Crippen molar-refractivity contribution in [3.63, 3.8) is 0 Å². The molecule has 4 amide bonds. The van der Waals surface area contributed by atoms with Crippen LogP contribution in [0.2, 0.25) is 0 Å². The molecule has 4 fully saturated rings. The SMILES string of the molecule is COc1ccc(C(=O)N2CCC3(CC2)COc2ccc(CN)cc23)cc1Br.Cc1cc(C(=O)N2CCC3(CC2)COc2ccc(CN)cc23)ccc1Br.NCc1ccc2c(c1)C1(CCN(C(=O)c3ccc(F)c(Br)c3)CC1)CO2.NCc1ccc2c(c1)C1(CCN(C(=O)c3cccc(Br)c3)CC1)CO2. The van der Waals surface area contributed by atoms with Gasteiger partial charge in [0, 0.05) is 154 Å². The van der Waals surface area contributed by atoms with E-state index in [1.54, 1.807) is 13.2 Å². The fraction of sp³-hybridized carbons (Fsp3) is 0.366. The maximum absolute atomic E-state index is 13.4. The molecule has 8 heterocycles. The molecule has 0 saturated carbocycles.